The number of thioether (sulfide) groups is 1. The number of benzene rings is 1. The summed E-state index contributed by atoms with van der Waals surface area (Å²) in [6.45, 7) is 4.38. The topological polar surface area (TPSA) is 38.8 Å². The van der Waals surface area contributed by atoms with Gasteiger partial charge in [-0.05, 0) is 31.5 Å². The zero-order chi connectivity index (χ0) is 15.7. The predicted molar refractivity (Wildman–Crippen MR) is 89.1 cm³/mol. The SMILES string of the molecule is CCOC1CSC2(C1)CN(C(=O)c1ccc(OC)c(Cl)c1)C2. The molecule has 2 saturated heterocycles. The van der Waals surface area contributed by atoms with Gasteiger partial charge in [0, 0.05) is 31.0 Å². The second-order valence-electron chi connectivity index (χ2n) is 5.79. The normalized spacial score (nSPS) is 22.7. The average molecular weight is 342 g/mol. The molecule has 1 amide bonds. The highest BCUT2D eigenvalue weighted by Crippen LogP contribution is 2.46. The number of carbonyl (C=O) groups is 1. The van der Waals surface area contributed by atoms with E-state index in [0.29, 0.717) is 22.4 Å². The first-order chi connectivity index (χ1) is 10.6. The van der Waals surface area contributed by atoms with Crippen LogP contribution in [-0.4, -0.2) is 54.2 Å². The number of hydrogen-bond acceptors (Lipinski definition) is 4. The summed E-state index contributed by atoms with van der Waals surface area (Å²) < 4.78 is 11.0. The molecule has 1 unspecified atom stereocenters. The van der Waals surface area contributed by atoms with E-state index in [4.69, 9.17) is 21.1 Å². The van der Waals surface area contributed by atoms with Gasteiger partial charge in [-0.3, -0.25) is 4.79 Å². The van der Waals surface area contributed by atoms with Crippen LogP contribution in [0.3, 0.4) is 0 Å². The summed E-state index contributed by atoms with van der Waals surface area (Å²) in [5.41, 5.74) is 0.616. The van der Waals surface area contributed by atoms with Gasteiger partial charge in [0.15, 0.2) is 0 Å². The third-order valence-electron chi connectivity index (χ3n) is 4.22. The fraction of sp³-hybridized carbons (Fsp3) is 0.562. The first kappa shape index (κ1) is 16.0. The quantitative estimate of drug-likeness (QED) is 0.843. The first-order valence-electron chi connectivity index (χ1n) is 7.45. The van der Waals surface area contributed by atoms with E-state index in [0.717, 1.165) is 31.9 Å². The molecule has 2 aliphatic heterocycles. The summed E-state index contributed by atoms with van der Waals surface area (Å²) in [5, 5.41) is 0.468. The van der Waals surface area contributed by atoms with Crippen molar-refractivity contribution in [1.82, 2.24) is 4.90 Å². The molecule has 0 aromatic heterocycles. The van der Waals surface area contributed by atoms with E-state index in [1.165, 1.54) is 0 Å². The Morgan fingerprint density at radius 3 is 2.91 bits per heavy atom. The van der Waals surface area contributed by atoms with Crippen LogP contribution in [-0.2, 0) is 4.74 Å². The summed E-state index contributed by atoms with van der Waals surface area (Å²) in [6.07, 6.45) is 1.38. The summed E-state index contributed by atoms with van der Waals surface area (Å²) in [4.78, 5) is 14.4. The fourth-order valence-electron chi connectivity index (χ4n) is 3.14. The van der Waals surface area contributed by atoms with Gasteiger partial charge in [0.2, 0.25) is 0 Å². The summed E-state index contributed by atoms with van der Waals surface area (Å²) in [7, 11) is 1.56. The molecule has 1 atom stereocenters. The Morgan fingerprint density at radius 1 is 1.50 bits per heavy atom. The maximum Gasteiger partial charge on any atom is 0.254 e. The van der Waals surface area contributed by atoms with Crippen molar-refractivity contribution in [1.29, 1.82) is 0 Å². The van der Waals surface area contributed by atoms with Gasteiger partial charge in [0.1, 0.15) is 5.75 Å². The Labute approximate surface area is 140 Å². The van der Waals surface area contributed by atoms with Crippen LogP contribution in [0.1, 0.15) is 23.7 Å². The Balaban J connectivity index is 1.61. The zero-order valence-corrected chi connectivity index (χ0v) is 14.4. The molecule has 22 heavy (non-hydrogen) atoms. The highest BCUT2D eigenvalue weighted by atomic mass is 35.5. The molecule has 0 radical (unpaired) electrons. The van der Waals surface area contributed by atoms with Gasteiger partial charge in [0.25, 0.3) is 5.91 Å². The second kappa shape index (κ2) is 6.30. The number of likely N-dealkylation sites (tertiary alicyclic amines) is 1. The molecule has 1 spiro atoms. The minimum atomic E-state index is 0.0376. The highest BCUT2D eigenvalue weighted by molar-refractivity contribution is 8.01. The van der Waals surface area contributed by atoms with E-state index >= 15 is 0 Å². The van der Waals surface area contributed by atoms with E-state index < -0.39 is 0 Å². The van der Waals surface area contributed by atoms with Gasteiger partial charge < -0.3 is 14.4 Å². The average Bonchev–Trinajstić information content (AvgIpc) is 2.89. The molecule has 6 heteroatoms. The lowest BCUT2D eigenvalue weighted by Crippen LogP contribution is -2.60. The van der Waals surface area contributed by atoms with Gasteiger partial charge >= 0.3 is 0 Å². The number of halogens is 1. The van der Waals surface area contributed by atoms with E-state index in [2.05, 4.69) is 0 Å². The fourth-order valence-corrected chi connectivity index (χ4v) is 4.95. The van der Waals surface area contributed by atoms with Crippen molar-refractivity contribution in [3.8, 4) is 5.75 Å². The van der Waals surface area contributed by atoms with Gasteiger partial charge in [-0.1, -0.05) is 11.6 Å². The van der Waals surface area contributed by atoms with Crippen molar-refractivity contribution in [2.45, 2.75) is 24.2 Å². The van der Waals surface area contributed by atoms with Crippen LogP contribution in [0.2, 0.25) is 5.02 Å². The molecule has 0 saturated carbocycles. The van der Waals surface area contributed by atoms with Crippen LogP contribution in [0.15, 0.2) is 18.2 Å². The van der Waals surface area contributed by atoms with E-state index in [-0.39, 0.29) is 10.7 Å². The second-order valence-corrected chi connectivity index (χ2v) is 7.68. The molecule has 0 N–H and O–H groups in total. The van der Waals surface area contributed by atoms with Crippen molar-refractivity contribution >= 4 is 29.3 Å². The maximum atomic E-state index is 12.5. The third kappa shape index (κ3) is 2.94. The van der Waals surface area contributed by atoms with Crippen LogP contribution in [0.25, 0.3) is 0 Å². The summed E-state index contributed by atoms with van der Waals surface area (Å²) in [6, 6.07) is 5.18. The third-order valence-corrected chi connectivity index (χ3v) is 6.09. The largest absolute Gasteiger partial charge is 0.495 e. The Bertz CT molecular complexity index is 575. The van der Waals surface area contributed by atoms with E-state index in [9.17, 15) is 4.79 Å². The van der Waals surface area contributed by atoms with Crippen LogP contribution >= 0.6 is 23.4 Å². The Kier molecular flexibility index (Phi) is 4.57. The molecule has 1 aromatic carbocycles. The minimum absolute atomic E-state index is 0.0376. The van der Waals surface area contributed by atoms with Crippen LogP contribution in [0, 0.1) is 0 Å². The Hall–Kier alpha value is -0.910. The Morgan fingerprint density at radius 2 is 2.27 bits per heavy atom. The molecular weight excluding hydrogens is 322 g/mol. The zero-order valence-electron chi connectivity index (χ0n) is 12.8. The number of carbonyl (C=O) groups excluding carboxylic acids is 1. The molecule has 2 fully saturated rings. The maximum absolute atomic E-state index is 12.5. The van der Waals surface area contributed by atoms with Gasteiger partial charge in [0.05, 0.1) is 23.0 Å². The molecule has 2 heterocycles. The molecule has 3 rings (SSSR count). The molecule has 2 aliphatic rings. The van der Waals surface area contributed by atoms with Crippen LogP contribution < -0.4 is 4.74 Å². The monoisotopic (exact) mass is 341 g/mol. The van der Waals surface area contributed by atoms with Crippen molar-refractivity contribution in [3.63, 3.8) is 0 Å². The highest BCUT2D eigenvalue weighted by Gasteiger charge is 2.50. The molecule has 4 nitrogen and oxygen atoms in total. The van der Waals surface area contributed by atoms with Gasteiger partial charge in [-0.25, -0.2) is 0 Å². The molecule has 0 bridgehead atoms. The number of hydrogen-bond donors (Lipinski definition) is 0. The van der Waals surface area contributed by atoms with Crippen molar-refractivity contribution < 1.29 is 14.3 Å². The lowest BCUT2D eigenvalue weighted by atomic mass is 9.92. The van der Waals surface area contributed by atoms with Gasteiger partial charge in [-0.2, -0.15) is 0 Å². The number of methoxy groups -OCH3 is 1. The molecular formula is C16H20ClNO3S. The number of ether oxygens (including phenoxy) is 2. The standard InChI is InChI=1S/C16H20ClNO3S/c1-3-21-12-7-16(22-8-12)9-18(10-16)15(19)11-4-5-14(20-2)13(17)6-11/h4-6,12H,3,7-10H2,1-2H3. The van der Waals surface area contributed by atoms with E-state index in [1.807, 2.05) is 23.6 Å². The smallest absolute Gasteiger partial charge is 0.254 e. The van der Waals surface area contributed by atoms with Crippen LogP contribution in [0.5, 0.6) is 5.75 Å². The van der Waals surface area contributed by atoms with Crippen LogP contribution in [0.4, 0.5) is 0 Å². The van der Waals surface area contributed by atoms with Crippen molar-refractivity contribution in [2.24, 2.45) is 0 Å². The molecule has 1 aromatic rings. The first-order valence-corrected chi connectivity index (χ1v) is 8.81. The predicted octanol–water partition coefficient (Wildman–Crippen LogP) is 3.09. The summed E-state index contributed by atoms with van der Waals surface area (Å²) in [5.74, 6) is 1.66. The molecule has 0 aliphatic carbocycles. The number of rotatable bonds is 4. The van der Waals surface area contributed by atoms with Crippen molar-refractivity contribution in [3.05, 3.63) is 28.8 Å². The molecule has 120 valence electrons. The van der Waals surface area contributed by atoms with Crippen molar-refractivity contribution in [2.75, 3.05) is 32.6 Å². The minimum Gasteiger partial charge on any atom is -0.495 e. The van der Waals surface area contributed by atoms with E-state index in [1.54, 1.807) is 25.3 Å². The number of amides is 1. The lowest BCUT2D eigenvalue weighted by molar-refractivity contribution is 0.0359. The lowest BCUT2D eigenvalue weighted by Gasteiger charge is -2.47. The summed E-state index contributed by atoms with van der Waals surface area (Å²) >= 11 is 8.04. The number of nitrogens with zero attached hydrogens (tertiary/aromatic N) is 1. The van der Waals surface area contributed by atoms with Gasteiger partial charge in [-0.15, -0.1) is 11.8 Å².